The smallest absolute Gasteiger partial charge is 0.146 e. The summed E-state index contributed by atoms with van der Waals surface area (Å²) >= 11 is 11.9. The Kier molecular flexibility index (Phi) is 4.81. The summed E-state index contributed by atoms with van der Waals surface area (Å²) < 4.78 is 5.30. The Labute approximate surface area is 117 Å². The number of carbonyl (C=O) groups is 1. The van der Waals surface area contributed by atoms with Crippen LogP contribution in [0.25, 0.3) is 6.08 Å². The molecule has 96 valence electrons. The second kappa shape index (κ2) is 6.37. The number of aldehydes is 1. The van der Waals surface area contributed by atoms with Gasteiger partial charge in [0.25, 0.3) is 0 Å². The van der Waals surface area contributed by atoms with Crippen LogP contribution in [0.3, 0.4) is 0 Å². The summed E-state index contributed by atoms with van der Waals surface area (Å²) in [7, 11) is 0. The first-order valence-electron chi connectivity index (χ1n) is 5.90. The lowest BCUT2D eigenvalue weighted by molar-refractivity contribution is -0.105. The van der Waals surface area contributed by atoms with Gasteiger partial charge >= 0.3 is 0 Å². The zero-order chi connectivity index (χ0) is 13.0. The van der Waals surface area contributed by atoms with Gasteiger partial charge in [-0.25, -0.2) is 0 Å². The average Bonchev–Trinajstić information content (AvgIpc) is 2.39. The van der Waals surface area contributed by atoms with E-state index in [0.29, 0.717) is 23.3 Å². The highest BCUT2D eigenvalue weighted by Crippen LogP contribution is 2.27. The van der Waals surface area contributed by atoms with E-state index in [0.717, 1.165) is 30.3 Å². The van der Waals surface area contributed by atoms with Gasteiger partial charge in [-0.1, -0.05) is 29.3 Å². The minimum absolute atomic E-state index is 0.267. The van der Waals surface area contributed by atoms with E-state index in [2.05, 4.69) is 0 Å². The third-order valence-corrected chi connectivity index (χ3v) is 3.68. The van der Waals surface area contributed by atoms with Crippen molar-refractivity contribution in [3.63, 3.8) is 0 Å². The lowest BCUT2D eigenvalue weighted by Crippen LogP contribution is -2.18. The molecule has 1 aromatic rings. The number of benzene rings is 1. The van der Waals surface area contributed by atoms with Crippen molar-refractivity contribution in [2.24, 2.45) is 5.92 Å². The number of allylic oxidation sites excluding steroid dienone is 1. The first-order chi connectivity index (χ1) is 8.70. The summed E-state index contributed by atoms with van der Waals surface area (Å²) in [5.74, 6) is 0.267. The van der Waals surface area contributed by atoms with Gasteiger partial charge in [0, 0.05) is 23.3 Å². The van der Waals surface area contributed by atoms with E-state index in [-0.39, 0.29) is 5.92 Å². The van der Waals surface area contributed by atoms with Crippen LogP contribution in [0.1, 0.15) is 18.4 Å². The molecule has 18 heavy (non-hydrogen) atoms. The standard InChI is InChI=1S/C14H14Cl2O2/c15-13-2-1-11(14(16)8-13)7-12(9-17)10-3-5-18-6-4-10/h1-2,7-10H,3-6H2/b12-7+. The normalized spacial score (nSPS) is 17.8. The molecule has 1 saturated heterocycles. The zero-order valence-electron chi connectivity index (χ0n) is 9.86. The van der Waals surface area contributed by atoms with E-state index < -0.39 is 0 Å². The third-order valence-electron chi connectivity index (χ3n) is 3.11. The van der Waals surface area contributed by atoms with Gasteiger partial charge in [-0.2, -0.15) is 0 Å². The van der Waals surface area contributed by atoms with Crippen molar-refractivity contribution in [1.29, 1.82) is 0 Å². The monoisotopic (exact) mass is 284 g/mol. The maximum atomic E-state index is 11.2. The first kappa shape index (κ1) is 13.6. The van der Waals surface area contributed by atoms with E-state index in [4.69, 9.17) is 27.9 Å². The van der Waals surface area contributed by atoms with Gasteiger partial charge in [-0.15, -0.1) is 0 Å². The van der Waals surface area contributed by atoms with Crippen LogP contribution in [0, 0.1) is 5.92 Å². The summed E-state index contributed by atoms with van der Waals surface area (Å²) in [6.07, 6.45) is 4.54. The van der Waals surface area contributed by atoms with Crippen LogP contribution in [-0.4, -0.2) is 19.5 Å². The molecule has 0 radical (unpaired) electrons. The number of carbonyl (C=O) groups excluding carboxylic acids is 1. The topological polar surface area (TPSA) is 26.3 Å². The molecule has 1 aromatic carbocycles. The molecule has 0 amide bonds. The van der Waals surface area contributed by atoms with Crippen LogP contribution >= 0.6 is 23.2 Å². The molecular formula is C14H14Cl2O2. The van der Waals surface area contributed by atoms with Crippen molar-refractivity contribution in [3.8, 4) is 0 Å². The molecule has 0 atom stereocenters. The molecule has 1 heterocycles. The van der Waals surface area contributed by atoms with E-state index in [1.807, 2.05) is 12.1 Å². The zero-order valence-corrected chi connectivity index (χ0v) is 11.4. The maximum absolute atomic E-state index is 11.2. The Morgan fingerprint density at radius 1 is 1.28 bits per heavy atom. The van der Waals surface area contributed by atoms with Crippen molar-refractivity contribution in [2.45, 2.75) is 12.8 Å². The van der Waals surface area contributed by atoms with E-state index in [9.17, 15) is 4.79 Å². The lowest BCUT2D eigenvalue weighted by Gasteiger charge is -2.22. The predicted octanol–water partition coefficient (Wildman–Crippen LogP) is 4.00. The molecule has 2 rings (SSSR count). The minimum Gasteiger partial charge on any atom is -0.381 e. The quantitative estimate of drug-likeness (QED) is 0.619. The highest BCUT2D eigenvalue weighted by atomic mass is 35.5. The van der Waals surface area contributed by atoms with Crippen molar-refractivity contribution >= 4 is 35.6 Å². The predicted molar refractivity (Wildman–Crippen MR) is 74.0 cm³/mol. The van der Waals surface area contributed by atoms with Crippen LogP contribution in [-0.2, 0) is 9.53 Å². The molecular weight excluding hydrogens is 271 g/mol. The van der Waals surface area contributed by atoms with Gasteiger partial charge in [0.2, 0.25) is 0 Å². The van der Waals surface area contributed by atoms with Gasteiger partial charge in [0.05, 0.1) is 0 Å². The van der Waals surface area contributed by atoms with Crippen molar-refractivity contribution in [2.75, 3.05) is 13.2 Å². The number of ether oxygens (including phenoxy) is 1. The van der Waals surface area contributed by atoms with E-state index in [1.54, 1.807) is 12.1 Å². The number of hydrogen-bond donors (Lipinski definition) is 0. The number of rotatable bonds is 3. The van der Waals surface area contributed by atoms with Gasteiger partial charge in [-0.3, -0.25) is 4.79 Å². The molecule has 0 bridgehead atoms. The second-order valence-corrected chi connectivity index (χ2v) is 5.16. The fourth-order valence-electron chi connectivity index (χ4n) is 2.08. The Morgan fingerprint density at radius 3 is 2.61 bits per heavy atom. The summed E-state index contributed by atoms with van der Waals surface area (Å²) in [6.45, 7) is 1.42. The molecule has 4 heteroatoms. The SMILES string of the molecule is O=C/C(=C\c1ccc(Cl)cc1Cl)C1CCOCC1. The van der Waals surface area contributed by atoms with Crippen LogP contribution in [0.5, 0.6) is 0 Å². The molecule has 1 fully saturated rings. The third kappa shape index (κ3) is 3.35. The summed E-state index contributed by atoms with van der Waals surface area (Å²) in [5.41, 5.74) is 1.61. The van der Waals surface area contributed by atoms with Gasteiger partial charge < -0.3 is 4.74 Å². The number of hydrogen-bond acceptors (Lipinski definition) is 2. The highest BCUT2D eigenvalue weighted by molar-refractivity contribution is 6.35. The van der Waals surface area contributed by atoms with E-state index in [1.165, 1.54) is 0 Å². The van der Waals surface area contributed by atoms with Crippen LogP contribution in [0.2, 0.25) is 10.0 Å². The lowest BCUT2D eigenvalue weighted by atomic mass is 9.91. The average molecular weight is 285 g/mol. The minimum atomic E-state index is 0.267. The van der Waals surface area contributed by atoms with Crippen LogP contribution < -0.4 is 0 Å². The Hall–Kier alpha value is -0.830. The molecule has 0 N–H and O–H groups in total. The molecule has 0 aliphatic carbocycles. The van der Waals surface area contributed by atoms with Gasteiger partial charge in [-0.05, 0) is 48.1 Å². The van der Waals surface area contributed by atoms with Crippen LogP contribution in [0.4, 0.5) is 0 Å². The molecule has 0 aromatic heterocycles. The molecule has 1 aliphatic heterocycles. The maximum Gasteiger partial charge on any atom is 0.146 e. The van der Waals surface area contributed by atoms with Crippen molar-refractivity contribution in [3.05, 3.63) is 39.4 Å². The summed E-state index contributed by atoms with van der Waals surface area (Å²) in [5, 5.41) is 1.16. The van der Waals surface area contributed by atoms with Gasteiger partial charge in [0.1, 0.15) is 6.29 Å². The van der Waals surface area contributed by atoms with Gasteiger partial charge in [0.15, 0.2) is 0 Å². The molecule has 1 aliphatic rings. The number of halogens is 2. The van der Waals surface area contributed by atoms with E-state index >= 15 is 0 Å². The fourth-order valence-corrected chi connectivity index (χ4v) is 2.54. The summed E-state index contributed by atoms with van der Waals surface area (Å²) in [6, 6.07) is 5.28. The molecule has 0 unspecified atom stereocenters. The molecule has 2 nitrogen and oxygen atoms in total. The van der Waals surface area contributed by atoms with Crippen molar-refractivity contribution in [1.82, 2.24) is 0 Å². The molecule has 0 saturated carbocycles. The first-order valence-corrected chi connectivity index (χ1v) is 6.66. The second-order valence-electron chi connectivity index (χ2n) is 4.31. The fraction of sp³-hybridized carbons (Fsp3) is 0.357. The molecule has 0 spiro atoms. The Balaban J connectivity index is 2.25. The highest BCUT2D eigenvalue weighted by Gasteiger charge is 2.18. The largest absolute Gasteiger partial charge is 0.381 e. The Bertz CT molecular complexity index is 463. The van der Waals surface area contributed by atoms with Crippen molar-refractivity contribution < 1.29 is 9.53 Å². The van der Waals surface area contributed by atoms with Crippen LogP contribution in [0.15, 0.2) is 23.8 Å². The summed E-state index contributed by atoms with van der Waals surface area (Å²) in [4.78, 5) is 11.2. The Morgan fingerprint density at radius 2 is 2.00 bits per heavy atom.